The van der Waals surface area contributed by atoms with E-state index >= 15 is 0 Å². The molecule has 0 saturated carbocycles. The van der Waals surface area contributed by atoms with Crippen LogP contribution in [0.15, 0.2) is 24.3 Å². The molecular weight excluding hydrogens is 246 g/mol. The van der Waals surface area contributed by atoms with Gasteiger partial charge in [0.25, 0.3) is 0 Å². The van der Waals surface area contributed by atoms with Crippen LogP contribution in [0.3, 0.4) is 0 Å². The largest absolute Gasteiger partial charge is 0.373 e. The van der Waals surface area contributed by atoms with Crippen molar-refractivity contribution in [3.05, 3.63) is 34.9 Å². The Bertz CT molecular complexity index is 371. The van der Waals surface area contributed by atoms with E-state index in [0.717, 1.165) is 37.4 Å². The van der Waals surface area contributed by atoms with E-state index in [1.807, 2.05) is 12.1 Å². The third-order valence-electron chi connectivity index (χ3n) is 3.66. The number of rotatable bonds is 5. The molecule has 2 unspecified atom stereocenters. The van der Waals surface area contributed by atoms with Gasteiger partial charge < -0.3 is 10.1 Å². The molecule has 0 spiro atoms. The number of halogens is 1. The molecule has 1 aliphatic heterocycles. The van der Waals surface area contributed by atoms with Gasteiger partial charge in [0.2, 0.25) is 0 Å². The summed E-state index contributed by atoms with van der Waals surface area (Å²) >= 11 is 5.96. The van der Waals surface area contributed by atoms with Crippen molar-refractivity contribution in [2.24, 2.45) is 0 Å². The molecule has 1 heterocycles. The second-order valence-corrected chi connectivity index (χ2v) is 5.64. The monoisotopic (exact) mass is 267 g/mol. The zero-order valence-electron chi connectivity index (χ0n) is 11.2. The highest BCUT2D eigenvalue weighted by atomic mass is 35.5. The Balaban J connectivity index is 2.21. The highest BCUT2D eigenvalue weighted by Gasteiger charge is 2.38. The van der Waals surface area contributed by atoms with Gasteiger partial charge in [0, 0.05) is 11.6 Å². The van der Waals surface area contributed by atoms with Crippen molar-refractivity contribution in [3.63, 3.8) is 0 Å². The van der Waals surface area contributed by atoms with Gasteiger partial charge in [0.15, 0.2) is 0 Å². The second-order valence-electron chi connectivity index (χ2n) is 5.20. The summed E-state index contributed by atoms with van der Waals surface area (Å²) in [6.07, 6.45) is 3.38. The molecule has 1 saturated heterocycles. The number of hydrogen-bond donors (Lipinski definition) is 1. The fourth-order valence-corrected chi connectivity index (χ4v) is 2.78. The summed E-state index contributed by atoms with van der Waals surface area (Å²) < 4.78 is 5.99. The van der Waals surface area contributed by atoms with Crippen molar-refractivity contribution in [2.45, 2.75) is 44.8 Å². The molecular formula is C15H22ClNO. The SMILES string of the molecule is CCCNC(c1ccc(Cl)cc1)C1(C)CCCO1. The Labute approximate surface area is 115 Å². The van der Waals surface area contributed by atoms with E-state index in [4.69, 9.17) is 16.3 Å². The molecule has 100 valence electrons. The third-order valence-corrected chi connectivity index (χ3v) is 3.91. The normalized spacial score (nSPS) is 25.3. The molecule has 1 aromatic carbocycles. The Hall–Kier alpha value is -0.570. The van der Waals surface area contributed by atoms with Crippen molar-refractivity contribution in [1.82, 2.24) is 5.32 Å². The van der Waals surface area contributed by atoms with Crippen molar-refractivity contribution < 1.29 is 4.74 Å². The quantitative estimate of drug-likeness (QED) is 0.872. The average Bonchev–Trinajstić information content (AvgIpc) is 2.80. The number of hydrogen-bond acceptors (Lipinski definition) is 2. The van der Waals surface area contributed by atoms with E-state index in [1.54, 1.807) is 0 Å². The van der Waals surface area contributed by atoms with E-state index in [0.29, 0.717) is 0 Å². The van der Waals surface area contributed by atoms with Gasteiger partial charge in [-0.25, -0.2) is 0 Å². The van der Waals surface area contributed by atoms with Crippen molar-refractivity contribution in [3.8, 4) is 0 Å². The van der Waals surface area contributed by atoms with E-state index in [2.05, 4.69) is 31.3 Å². The van der Waals surface area contributed by atoms with E-state index in [1.165, 1.54) is 5.56 Å². The van der Waals surface area contributed by atoms with E-state index < -0.39 is 0 Å². The topological polar surface area (TPSA) is 21.3 Å². The highest BCUT2D eigenvalue weighted by molar-refractivity contribution is 6.30. The van der Waals surface area contributed by atoms with Crippen LogP contribution >= 0.6 is 11.6 Å². The van der Waals surface area contributed by atoms with Gasteiger partial charge in [0.1, 0.15) is 0 Å². The maximum atomic E-state index is 5.99. The molecule has 3 heteroatoms. The van der Waals surface area contributed by atoms with Crippen LogP contribution in [0.25, 0.3) is 0 Å². The lowest BCUT2D eigenvalue weighted by Crippen LogP contribution is -2.41. The van der Waals surface area contributed by atoms with Gasteiger partial charge in [-0.15, -0.1) is 0 Å². The Morgan fingerprint density at radius 1 is 1.39 bits per heavy atom. The Morgan fingerprint density at radius 2 is 2.11 bits per heavy atom. The molecule has 1 aromatic rings. The summed E-state index contributed by atoms with van der Waals surface area (Å²) in [6, 6.07) is 8.36. The maximum absolute atomic E-state index is 5.99. The van der Waals surface area contributed by atoms with Gasteiger partial charge in [0.05, 0.1) is 11.6 Å². The minimum atomic E-state index is -0.0942. The summed E-state index contributed by atoms with van der Waals surface area (Å²) in [7, 11) is 0. The fraction of sp³-hybridized carbons (Fsp3) is 0.600. The summed E-state index contributed by atoms with van der Waals surface area (Å²) in [6.45, 7) is 6.27. The molecule has 0 aromatic heterocycles. The van der Waals surface area contributed by atoms with Gasteiger partial charge in [-0.1, -0.05) is 30.7 Å². The van der Waals surface area contributed by atoms with Crippen molar-refractivity contribution in [2.75, 3.05) is 13.2 Å². The number of ether oxygens (including phenoxy) is 1. The predicted octanol–water partition coefficient (Wildman–Crippen LogP) is 3.95. The predicted molar refractivity (Wildman–Crippen MR) is 76.1 cm³/mol. The van der Waals surface area contributed by atoms with E-state index in [9.17, 15) is 0 Å². The lowest BCUT2D eigenvalue weighted by atomic mass is 9.87. The van der Waals surface area contributed by atoms with Gasteiger partial charge in [-0.2, -0.15) is 0 Å². The molecule has 1 N–H and O–H groups in total. The van der Waals surface area contributed by atoms with Crippen molar-refractivity contribution >= 4 is 11.6 Å². The van der Waals surface area contributed by atoms with Gasteiger partial charge in [-0.05, 0) is 50.4 Å². The maximum Gasteiger partial charge on any atom is 0.0849 e. The summed E-state index contributed by atoms with van der Waals surface area (Å²) in [4.78, 5) is 0. The Kier molecular flexibility index (Phi) is 4.66. The average molecular weight is 268 g/mol. The zero-order valence-corrected chi connectivity index (χ0v) is 12.0. The number of benzene rings is 1. The minimum Gasteiger partial charge on any atom is -0.373 e. The van der Waals surface area contributed by atoms with Crippen LogP contribution in [-0.2, 0) is 4.74 Å². The molecule has 2 atom stereocenters. The van der Waals surface area contributed by atoms with Crippen LogP contribution in [-0.4, -0.2) is 18.8 Å². The van der Waals surface area contributed by atoms with Gasteiger partial charge >= 0.3 is 0 Å². The lowest BCUT2D eigenvalue weighted by Gasteiger charge is -2.34. The molecule has 1 fully saturated rings. The van der Waals surface area contributed by atoms with Crippen molar-refractivity contribution in [1.29, 1.82) is 0 Å². The van der Waals surface area contributed by atoms with Crippen LogP contribution in [0.4, 0.5) is 0 Å². The summed E-state index contributed by atoms with van der Waals surface area (Å²) in [5.74, 6) is 0. The first-order chi connectivity index (χ1) is 8.65. The smallest absolute Gasteiger partial charge is 0.0849 e. The van der Waals surface area contributed by atoms with Crippen LogP contribution in [0, 0.1) is 0 Å². The molecule has 0 amide bonds. The first kappa shape index (κ1) is 13.9. The molecule has 1 aliphatic rings. The van der Waals surface area contributed by atoms with E-state index in [-0.39, 0.29) is 11.6 Å². The standard InChI is InChI=1S/C15H22ClNO/c1-3-10-17-14(15(2)9-4-11-18-15)12-5-7-13(16)8-6-12/h5-8,14,17H,3-4,9-11H2,1-2H3. The molecule has 18 heavy (non-hydrogen) atoms. The minimum absolute atomic E-state index is 0.0942. The molecule has 0 aliphatic carbocycles. The fourth-order valence-electron chi connectivity index (χ4n) is 2.66. The Morgan fingerprint density at radius 3 is 2.67 bits per heavy atom. The third kappa shape index (κ3) is 3.05. The first-order valence-electron chi connectivity index (χ1n) is 6.78. The highest BCUT2D eigenvalue weighted by Crippen LogP contribution is 2.37. The van der Waals surface area contributed by atoms with Crippen LogP contribution in [0.2, 0.25) is 5.02 Å². The lowest BCUT2D eigenvalue weighted by molar-refractivity contribution is -0.0124. The molecule has 2 rings (SSSR count). The first-order valence-corrected chi connectivity index (χ1v) is 7.16. The summed E-state index contributed by atoms with van der Waals surface area (Å²) in [5.41, 5.74) is 1.17. The second kappa shape index (κ2) is 6.05. The van der Waals surface area contributed by atoms with Crippen LogP contribution in [0.5, 0.6) is 0 Å². The molecule has 0 bridgehead atoms. The van der Waals surface area contributed by atoms with Crippen LogP contribution < -0.4 is 5.32 Å². The molecule has 2 nitrogen and oxygen atoms in total. The van der Waals surface area contributed by atoms with Gasteiger partial charge in [-0.3, -0.25) is 0 Å². The summed E-state index contributed by atoms with van der Waals surface area (Å²) in [5, 5.41) is 4.40. The molecule has 0 radical (unpaired) electrons. The zero-order chi connectivity index (χ0) is 13.0. The van der Waals surface area contributed by atoms with Crippen LogP contribution in [0.1, 0.15) is 44.7 Å². The number of nitrogens with one attached hydrogen (secondary N) is 1.